The van der Waals surface area contributed by atoms with Crippen LogP contribution in [-0.2, 0) is 23.8 Å². The van der Waals surface area contributed by atoms with E-state index in [1.807, 2.05) is 13.8 Å². The topological polar surface area (TPSA) is 68.3 Å². The fourth-order valence-corrected chi connectivity index (χ4v) is 6.81. The van der Waals surface area contributed by atoms with Crippen molar-refractivity contribution in [1.29, 1.82) is 0 Å². The summed E-state index contributed by atoms with van der Waals surface area (Å²) in [5, 5.41) is 0. The summed E-state index contributed by atoms with van der Waals surface area (Å²) >= 11 is 0. The standard InChI is InChI=1S/C37H70N2O5/c1-6-8-12-17-32(18-13-9-7-2)19-16-28-43-36(41)37(3,4)24-14-10-11-15-25-39-27-20-34(31-39)44-35(40)21-26-38(5)33-22-29-42-30-23-33/h32-34H,6-31H2,1-5H3/t34-/m0/s1. The predicted molar refractivity (Wildman–Crippen MR) is 181 cm³/mol. The minimum absolute atomic E-state index is 0.0288. The predicted octanol–water partition coefficient (Wildman–Crippen LogP) is 8.18. The average molecular weight is 623 g/mol. The number of likely N-dealkylation sites (tertiary alicyclic amines) is 1. The molecule has 2 heterocycles. The normalized spacial score (nSPS) is 18.4. The van der Waals surface area contributed by atoms with Crippen LogP contribution in [0.4, 0.5) is 0 Å². The van der Waals surface area contributed by atoms with E-state index in [-0.39, 0.29) is 18.0 Å². The van der Waals surface area contributed by atoms with Gasteiger partial charge in [0, 0.05) is 38.9 Å². The molecular formula is C37H70N2O5. The molecule has 0 amide bonds. The van der Waals surface area contributed by atoms with E-state index in [0.29, 0.717) is 19.1 Å². The quantitative estimate of drug-likeness (QED) is 0.0751. The lowest BCUT2D eigenvalue weighted by molar-refractivity contribution is -0.154. The number of esters is 2. The lowest BCUT2D eigenvalue weighted by Gasteiger charge is -2.30. The largest absolute Gasteiger partial charge is 0.465 e. The molecule has 1 atom stereocenters. The number of unbranched alkanes of at least 4 members (excludes halogenated alkanes) is 7. The zero-order valence-electron chi connectivity index (χ0n) is 29.6. The number of hydrogen-bond donors (Lipinski definition) is 0. The van der Waals surface area contributed by atoms with E-state index in [1.54, 1.807) is 0 Å². The highest BCUT2D eigenvalue weighted by molar-refractivity contribution is 5.75. The molecule has 2 aliphatic heterocycles. The molecule has 0 radical (unpaired) electrons. The molecule has 0 aromatic rings. The van der Waals surface area contributed by atoms with E-state index in [2.05, 4.69) is 30.7 Å². The highest BCUT2D eigenvalue weighted by atomic mass is 16.5. The fourth-order valence-electron chi connectivity index (χ4n) is 6.81. The number of rotatable bonds is 25. The van der Waals surface area contributed by atoms with Crippen molar-refractivity contribution in [2.24, 2.45) is 11.3 Å². The third-order valence-electron chi connectivity index (χ3n) is 10.0. The second-order valence-electron chi connectivity index (χ2n) is 14.5. The van der Waals surface area contributed by atoms with E-state index in [4.69, 9.17) is 14.2 Å². The molecule has 258 valence electrons. The molecule has 0 aliphatic carbocycles. The number of carbonyl (C=O) groups excluding carboxylic acids is 2. The highest BCUT2D eigenvalue weighted by Crippen LogP contribution is 2.27. The molecule has 0 N–H and O–H groups in total. The van der Waals surface area contributed by atoms with Crippen molar-refractivity contribution >= 4 is 11.9 Å². The Morgan fingerprint density at radius 3 is 2.23 bits per heavy atom. The zero-order chi connectivity index (χ0) is 32.0. The van der Waals surface area contributed by atoms with Crippen LogP contribution >= 0.6 is 0 Å². The van der Waals surface area contributed by atoms with E-state index in [1.165, 1.54) is 64.2 Å². The molecular weight excluding hydrogens is 552 g/mol. The third-order valence-corrected chi connectivity index (χ3v) is 10.0. The number of carbonyl (C=O) groups is 2. The Kier molecular flexibility index (Phi) is 20.6. The van der Waals surface area contributed by atoms with Crippen LogP contribution in [0.5, 0.6) is 0 Å². The highest BCUT2D eigenvalue weighted by Gasteiger charge is 2.29. The van der Waals surface area contributed by atoms with Gasteiger partial charge in [-0.3, -0.25) is 14.5 Å². The third kappa shape index (κ3) is 16.9. The maximum atomic E-state index is 12.8. The number of ether oxygens (including phenoxy) is 3. The Hall–Kier alpha value is -1.18. The first-order chi connectivity index (χ1) is 21.2. The van der Waals surface area contributed by atoms with E-state index >= 15 is 0 Å². The second-order valence-corrected chi connectivity index (χ2v) is 14.5. The van der Waals surface area contributed by atoms with Gasteiger partial charge in [0.2, 0.25) is 0 Å². The lowest BCUT2D eigenvalue weighted by atomic mass is 9.87. The van der Waals surface area contributed by atoms with Crippen molar-refractivity contribution in [1.82, 2.24) is 9.80 Å². The van der Waals surface area contributed by atoms with Crippen LogP contribution in [0.3, 0.4) is 0 Å². The van der Waals surface area contributed by atoms with Gasteiger partial charge in [0.05, 0.1) is 18.4 Å². The Bertz CT molecular complexity index is 744. The zero-order valence-corrected chi connectivity index (χ0v) is 29.6. The van der Waals surface area contributed by atoms with Crippen LogP contribution in [-0.4, -0.2) is 86.9 Å². The van der Waals surface area contributed by atoms with Crippen LogP contribution in [0.1, 0.15) is 150 Å². The van der Waals surface area contributed by atoms with Gasteiger partial charge in [-0.05, 0) is 78.3 Å². The Labute approximate surface area is 271 Å². The first-order valence-electron chi connectivity index (χ1n) is 18.6. The smallest absolute Gasteiger partial charge is 0.311 e. The van der Waals surface area contributed by atoms with Gasteiger partial charge in [0.1, 0.15) is 6.10 Å². The van der Waals surface area contributed by atoms with Crippen molar-refractivity contribution in [2.75, 3.05) is 53.0 Å². The molecule has 44 heavy (non-hydrogen) atoms. The molecule has 0 aromatic carbocycles. The summed E-state index contributed by atoms with van der Waals surface area (Å²) in [5.41, 5.74) is -0.409. The van der Waals surface area contributed by atoms with Crippen molar-refractivity contribution in [3.63, 3.8) is 0 Å². The van der Waals surface area contributed by atoms with Crippen LogP contribution < -0.4 is 0 Å². The average Bonchev–Trinajstić information content (AvgIpc) is 3.46. The maximum Gasteiger partial charge on any atom is 0.311 e. The van der Waals surface area contributed by atoms with Crippen LogP contribution in [0.25, 0.3) is 0 Å². The van der Waals surface area contributed by atoms with Crippen LogP contribution in [0.2, 0.25) is 0 Å². The minimum Gasteiger partial charge on any atom is -0.465 e. The van der Waals surface area contributed by atoms with Gasteiger partial charge in [-0.2, -0.15) is 0 Å². The van der Waals surface area contributed by atoms with Crippen LogP contribution in [0.15, 0.2) is 0 Å². The first kappa shape index (κ1) is 39.0. The molecule has 0 aromatic heterocycles. The monoisotopic (exact) mass is 623 g/mol. The first-order valence-corrected chi connectivity index (χ1v) is 18.6. The van der Waals surface area contributed by atoms with Gasteiger partial charge in [0.15, 0.2) is 0 Å². The summed E-state index contributed by atoms with van der Waals surface area (Å²) in [6, 6.07) is 0.520. The molecule has 0 spiro atoms. The summed E-state index contributed by atoms with van der Waals surface area (Å²) < 4.78 is 17.0. The molecule has 2 fully saturated rings. The summed E-state index contributed by atoms with van der Waals surface area (Å²) in [6.07, 6.45) is 21.7. The van der Waals surface area contributed by atoms with Crippen molar-refractivity contribution in [3.8, 4) is 0 Å². The Morgan fingerprint density at radius 1 is 0.886 bits per heavy atom. The molecule has 0 unspecified atom stereocenters. The van der Waals surface area contributed by atoms with Gasteiger partial charge in [0.25, 0.3) is 0 Å². The summed E-state index contributed by atoms with van der Waals surface area (Å²) in [5.74, 6) is 0.700. The summed E-state index contributed by atoms with van der Waals surface area (Å²) in [6.45, 7) is 14.5. The SMILES string of the molecule is CCCCCC(CCCCC)CCCOC(=O)C(C)(C)CCCCCCN1CC[C@H](OC(=O)CCN(C)C2CCOCC2)C1. The van der Waals surface area contributed by atoms with Gasteiger partial charge >= 0.3 is 11.9 Å². The van der Waals surface area contributed by atoms with Crippen molar-refractivity contribution in [2.45, 2.75) is 162 Å². The Morgan fingerprint density at radius 2 is 1.55 bits per heavy atom. The van der Waals surface area contributed by atoms with Gasteiger partial charge in [-0.15, -0.1) is 0 Å². The lowest BCUT2D eigenvalue weighted by Crippen LogP contribution is -2.38. The van der Waals surface area contributed by atoms with Crippen LogP contribution in [0, 0.1) is 11.3 Å². The summed E-state index contributed by atoms with van der Waals surface area (Å²) in [7, 11) is 2.11. The van der Waals surface area contributed by atoms with Gasteiger partial charge in [-0.1, -0.05) is 84.5 Å². The molecule has 0 saturated carbocycles. The molecule has 7 nitrogen and oxygen atoms in total. The van der Waals surface area contributed by atoms with Gasteiger partial charge in [-0.25, -0.2) is 0 Å². The number of nitrogens with zero attached hydrogens (tertiary/aromatic N) is 2. The van der Waals surface area contributed by atoms with E-state index in [9.17, 15) is 9.59 Å². The molecule has 2 saturated heterocycles. The molecule has 0 bridgehead atoms. The molecule has 2 rings (SSSR count). The van der Waals surface area contributed by atoms with E-state index < -0.39 is 5.41 Å². The number of hydrogen-bond acceptors (Lipinski definition) is 7. The molecule has 2 aliphatic rings. The van der Waals surface area contributed by atoms with Crippen molar-refractivity contribution in [3.05, 3.63) is 0 Å². The van der Waals surface area contributed by atoms with E-state index in [0.717, 1.165) is 96.7 Å². The fraction of sp³-hybridized carbons (Fsp3) is 0.946. The summed E-state index contributed by atoms with van der Waals surface area (Å²) in [4.78, 5) is 29.9. The van der Waals surface area contributed by atoms with Gasteiger partial charge < -0.3 is 19.1 Å². The second kappa shape index (κ2) is 23.2. The molecule has 7 heteroatoms. The minimum atomic E-state index is -0.409. The Balaban J connectivity index is 1.50. The van der Waals surface area contributed by atoms with Crippen molar-refractivity contribution < 1.29 is 23.8 Å². The maximum absolute atomic E-state index is 12.8.